The van der Waals surface area contributed by atoms with Gasteiger partial charge in [0.05, 0.1) is 15.9 Å². The molecule has 2 aromatic heterocycles. The molecule has 0 bridgehead atoms. The van der Waals surface area contributed by atoms with Gasteiger partial charge in [-0.25, -0.2) is 13.2 Å². The summed E-state index contributed by atoms with van der Waals surface area (Å²) in [7, 11) is -2.09. The Morgan fingerprint density at radius 1 is 1.13 bits per heavy atom. The minimum absolute atomic E-state index is 0.138. The average molecular weight is 442 g/mol. The van der Waals surface area contributed by atoms with E-state index < -0.39 is 16.1 Å². The molecule has 0 saturated carbocycles. The fraction of sp³-hybridized carbons (Fsp3) is 0.286. The number of fused-ring (bicyclic) bond motifs is 1. The van der Waals surface area contributed by atoms with E-state index in [-0.39, 0.29) is 22.4 Å². The van der Waals surface area contributed by atoms with Gasteiger partial charge in [0.1, 0.15) is 6.04 Å². The number of aromatic amines is 1. The van der Waals surface area contributed by atoms with E-state index in [1.165, 1.54) is 4.57 Å². The number of H-pyrrole nitrogens is 1. The van der Waals surface area contributed by atoms with Crippen molar-refractivity contribution in [3.8, 4) is 11.4 Å². The Morgan fingerprint density at radius 2 is 1.84 bits per heavy atom. The van der Waals surface area contributed by atoms with Crippen molar-refractivity contribution in [2.75, 3.05) is 0 Å². The van der Waals surface area contributed by atoms with Gasteiger partial charge in [-0.2, -0.15) is 9.71 Å². The molecule has 162 valence electrons. The summed E-state index contributed by atoms with van der Waals surface area (Å²) in [6.45, 7) is 5.63. The lowest BCUT2D eigenvalue weighted by atomic mass is 10.1. The fourth-order valence-corrected chi connectivity index (χ4v) is 4.62. The number of hydrogen-bond acceptors (Lipinski definition) is 6. The van der Waals surface area contributed by atoms with Crippen LogP contribution in [0.15, 0.2) is 56.7 Å². The van der Waals surface area contributed by atoms with Crippen molar-refractivity contribution in [2.24, 2.45) is 13.0 Å². The third-order valence-electron chi connectivity index (χ3n) is 5.15. The lowest BCUT2D eigenvalue weighted by Gasteiger charge is -2.18. The van der Waals surface area contributed by atoms with E-state index in [1.807, 2.05) is 20.8 Å². The summed E-state index contributed by atoms with van der Waals surface area (Å²) in [5.41, 5.74) is 2.80. The first kappa shape index (κ1) is 21.0. The second-order valence-corrected chi connectivity index (χ2v) is 9.55. The van der Waals surface area contributed by atoms with Crippen molar-refractivity contribution >= 4 is 21.1 Å². The van der Waals surface area contributed by atoms with Gasteiger partial charge in [0.2, 0.25) is 21.7 Å². The molecule has 31 heavy (non-hydrogen) atoms. The van der Waals surface area contributed by atoms with Gasteiger partial charge in [-0.1, -0.05) is 36.7 Å². The molecular weight excluding hydrogens is 418 g/mol. The van der Waals surface area contributed by atoms with Crippen LogP contribution in [0.25, 0.3) is 22.4 Å². The first-order chi connectivity index (χ1) is 14.7. The van der Waals surface area contributed by atoms with Crippen LogP contribution in [0.3, 0.4) is 0 Å². The van der Waals surface area contributed by atoms with Crippen LogP contribution < -0.4 is 10.4 Å². The van der Waals surface area contributed by atoms with Crippen LogP contribution in [0.2, 0.25) is 0 Å². The summed E-state index contributed by atoms with van der Waals surface area (Å²) in [5.74, 6) is 0.339. The lowest BCUT2D eigenvalue weighted by Crippen LogP contribution is -2.32. The summed E-state index contributed by atoms with van der Waals surface area (Å²) >= 11 is 0. The van der Waals surface area contributed by atoms with Crippen LogP contribution in [-0.2, 0) is 17.1 Å². The van der Waals surface area contributed by atoms with Crippen molar-refractivity contribution in [3.63, 3.8) is 0 Å². The number of nitrogens with zero attached hydrogens (tertiary/aromatic N) is 3. The van der Waals surface area contributed by atoms with E-state index in [0.29, 0.717) is 16.9 Å². The molecule has 2 aromatic carbocycles. The first-order valence-electron chi connectivity index (χ1n) is 9.77. The Hall–Kier alpha value is -3.24. The van der Waals surface area contributed by atoms with Crippen LogP contribution in [0.5, 0.6) is 0 Å². The minimum atomic E-state index is -3.78. The maximum atomic E-state index is 12.9. The molecule has 0 aliphatic rings. The van der Waals surface area contributed by atoms with E-state index >= 15 is 0 Å². The predicted molar refractivity (Wildman–Crippen MR) is 116 cm³/mol. The molecular formula is C21H23N5O4S. The van der Waals surface area contributed by atoms with Crippen molar-refractivity contribution in [1.82, 2.24) is 24.4 Å². The molecule has 10 heteroatoms. The zero-order chi connectivity index (χ0) is 22.3. The quantitative estimate of drug-likeness (QED) is 0.474. The molecule has 1 atom stereocenters. The van der Waals surface area contributed by atoms with Crippen molar-refractivity contribution < 1.29 is 12.9 Å². The maximum Gasteiger partial charge on any atom is 0.326 e. The number of aryl methyl sites for hydroxylation is 2. The third-order valence-corrected chi connectivity index (χ3v) is 6.61. The second kappa shape index (κ2) is 7.78. The molecule has 0 aliphatic heterocycles. The normalized spacial score (nSPS) is 13.2. The van der Waals surface area contributed by atoms with Gasteiger partial charge in [0, 0.05) is 12.6 Å². The van der Waals surface area contributed by atoms with Crippen molar-refractivity contribution in [1.29, 1.82) is 0 Å². The molecule has 0 aliphatic carbocycles. The van der Waals surface area contributed by atoms with Gasteiger partial charge in [-0.3, -0.25) is 4.57 Å². The number of benzene rings is 2. The molecule has 4 rings (SSSR count). The Kier molecular flexibility index (Phi) is 5.28. The number of nitrogens with one attached hydrogen (secondary N) is 2. The molecule has 2 heterocycles. The van der Waals surface area contributed by atoms with E-state index in [9.17, 15) is 13.2 Å². The summed E-state index contributed by atoms with van der Waals surface area (Å²) in [4.78, 5) is 19.2. The van der Waals surface area contributed by atoms with Crippen LogP contribution in [0, 0.1) is 12.8 Å². The standard InChI is InChI=1S/C21H23N5O4S/c1-12(2)18(25-31(28,29)15-8-5-13(3)6-9-15)20-23-19(24-30-20)14-7-10-17-16(11-14)22-21(27)26(17)4/h5-12,18,25H,1-4H3,(H,22,27)/t18-/m0/s1. The highest BCUT2D eigenvalue weighted by atomic mass is 32.2. The van der Waals surface area contributed by atoms with Crippen LogP contribution >= 0.6 is 0 Å². The zero-order valence-electron chi connectivity index (χ0n) is 17.6. The predicted octanol–water partition coefficient (Wildman–Crippen LogP) is 2.90. The van der Waals surface area contributed by atoms with Gasteiger partial charge in [-0.05, 0) is 43.2 Å². The number of hydrogen-bond donors (Lipinski definition) is 2. The summed E-state index contributed by atoms with van der Waals surface area (Å²) in [6, 6.07) is 11.2. The largest absolute Gasteiger partial charge is 0.337 e. The maximum absolute atomic E-state index is 12.9. The Bertz CT molecular complexity index is 1400. The minimum Gasteiger partial charge on any atom is -0.337 e. The molecule has 2 N–H and O–H groups in total. The molecule has 9 nitrogen and oxygen atoms in total. The Balaban J connectivity index is 1.65. The highest BCUT2D eigenvalue weighted by Crippen LogP contribution is 2.27. The van der Waals surface area contributed by atoms with Gasteiger partial charge in [0.15, 0.2) is 0 Å². The summed E-state index contributed by atoms with van der Waals surface area (Å²) < 4.78 is 35.3. The topological polar surface area (TPSA) is 123 Å². The van der Waals surface area contributed by atoms with Crippen LogP contribution in [-0.4, -0.2) is 28.1 Å². The van der Waals surface area contributed by atoms with E-state index in [2.05, 4.69) is 19.8 Å². The van der Waals surface area contributed by atoms with Crippen molar-refractivity contribution in [3.05, 3.63) is 64.4 Å². The van der Waals surface area contributed by atoms with Crippen LogP contribution in [0.4, 0.5) is 0 Å². The van der Waals surface area contributed by atoms with E-state index in [1.54, 1.807) is 49.5 Å². The second-order valence-electron chi connectivity index (χ2n) is 7.83. The van der Waals surface area contributed by atoms with Crippen LogP contribution in [0.1, 0.15) is 31.3 Å². The highest BCUT2D eigenvalue weighted by Gasteiger charge is 2.29. The van der Waals surface area contributed by atoms with Gasteiger partial charge in [-0.15, -0.1) is 0 Å². The Labute approximate surface area is 179 Å². The van der Waals surface area contributed by atoms with E-state index in [0.717, 1.165) is 11.1 Å². The van der Waals surface area contributed by atoms with Gasteiger partial charge in [0.25, 0.3) is 0 Å². The number of imidazole rings is 1. The molecule has 0 spiro atoms. The smallest absolute Gasteiger partial charge is 0.326 e. The number of rotatable bonds is 6. The number of sulfonamides is 1. The molecule has 0 amide bonds. The van der Waals surface area contributed by atoms with Crippen molar-refractivity contribution in [2.45, 2.75) is 31.7 Å². The molecule has 0 saturated heterocycles. The summed E-state index contributed by atoms with van der Waals surface area (Å²) in [6.07, 6.45) is 0. The molecule has 0 radical (unpaired) electrons. The molecule has 0 fully saturated rings. The van der Waals surface area contributed by atoms with Gasteiger partial charge < -0.3 is 9.51 Å². The Morgan fingerprint density at radius 3 is 2.52 bits per heavy atom. The average Bonchev–Trinajstić information content (AvgIpc) is 3.31. The monoisotopic (exact) mass is 441 g/mol. The molecule has 4 aromatic rings. The van der Waals surface area contributed by atoms with Gasteiger partial charge >= 0.3 is 5.69 Å². The fourth-order valence-electron chi connectivity index (χ4n) is 3.28. The molecule has 0 unspecified atom stereocenters. The lowest BCUT2D eigenvalue weighted by molar-refractivity contribution is 0.311. The SMILES string of the molecule is Cc1ccc(S(=O)(=O)N[C@H](c2nc(-c3ccc4c(c3)[nH]c(=O)n4C)no2)C(C)C)cc1. The summed E-state index contributed by atoms with van der Waals surface area (Å²) in [5, 5.41) is 4.02. The first-order valence-corrected chi connectivity index (χ1v) is 11.3. The third kappa shape index (κ3) is 4.04. The number of aromatic nitrogens is 4. The highest BCUT2D eigenvalue weighted by molar-refractivity contribution is 7.89. The zero-order valence-corrected chi connectivity index (χ0v) is 18.4. The van der Waals surface area contributed by atoms with E-state index in [4.69, 9.17) is 4.52 Å².